The van der Waals surface area contributed by atoms with Crippen LogP contribution in [-0.4, -0.2) is 9.78 Å². The van der Waals surface area contributed by atoms with Crippen LogP contribution in [0.25, 0.3) is 0 Å². The fraction of sp³-hybridized carbons (Fsp3) is 0.727. The lowest BCUT2D eigenvalue weighted by Crippen LogP contribution is -2.12. The van der Waals surface area contributed by atoms with E-state index >= 15 is 0 Å². The molecule has 2 heteroatoms. The van der Waals surface area contributed by atoms with Crippen molar-refractivity contribution < 1.29 is 0 Å². The molecule has 2 nitrogen and oxygen atoms in total. The van der Waals surface area contributed by atoms with Crippen LogP contribution in [0.3, 0.4) is 0 Å². The topological polar surface area (TPSA) is 17.8 Å². The molecular formula is C11H20N2. The Kier molecular flexibility index (Phi) is 2.79. The summed E-state index contributed by atoms with van der Waals surface area (Å²) >= 11 is 0. The van der Waals surface area contributed by atoms with Gasteiger partial charge in [-0.3, -0.25) is 4.68 Å². The lowest BCUT2D eigenvalue weighted by atomic mass is 9.88. The summed E-state index contributed by atoms with van der Waals surface area (Å²) < 4.78 is 2.10. The maximum absolute atomic E-state index is 4.39. The molecule has 0 fully saturated rings. The smallest absolute Gasteiger partial charge is 0.0529 e. The fourth-order valence-electron chi connectivity index (χ4n) is 1.62. The molecule has 1 aromatic heterocycles. The average molecular weight is 180 g/mol. The molecule has 0 atom stereocenters. The largest absolute Gasteiger partial charge is 0.270 e. The van der Waals surface area contributed by atoms with Gasteiger partial charge in [0.1, 0.15) is 0 Å². The van der Waals surface area contributed by atoms with E-state index in [1.54, 1.807) is 0 Å². The van der Waals surface area contributed by atoms with Crippen molar-refractivity contribution in [3.05, 3.63) is 17.5 Å². The van der Waals surface area contributed by atoms with Crippen molar-refractivity contribution >= 4 is 0 Å². The first-order valence-electron chi connectivity index (χ1n) is 4.99. The first-order chi connectivity index (χ1) is 5.96. The van der Waals surface area contributed by atoms with E-state index in [0.717, 1.165) is 13.0 Å². The van der Waals surface area contributed by atoms with Gasteiger partial charge in [-0.2, -0.15) is 5.10 Å². The minimum Gasteiger partial charge on any atom is -0.270 e. The molecule has 0 aliphatic rings. The van der Waals surface area contributed by atoms with Gasteiger partial charge in [0.25, 0.3) is 0 Å². The van der Waals surface area contributed by atoms with Crippen molar-refractivity contribution in [3.63, 3.8) is 0 Å². The van der Waals surface area contributed by atoms with Crippen LogP contribution in [0.2, 0.25) is 0 Å². The van der Waals surface area contributed by atoms with E-state index in [4.69, 9.17) is 0 Å². The second kappa shape index (κ2) is 3.52. The van der Waals surface area contributed by atoms with Crippen molar-refractivity contribution in [2.75, 3.05) is 0 Å². The molecule has 74 valence electrons. The summed E-state index contributed by atoms with van der Waals surface area (Å²) in [6.07, 6.45) is 3.15. The van der Waals surface area contributed by atoms with Crippen LogP contribution >= 0.6 is 0 Å². The van der Waals surface area contributed by atoms with Gasteiger partial charge in [0.2, 0.25) is 0 Å². The maximum Gasteiger partial charge on any atom is 0.0529 e. The molecule has 0 amide bonds. The summed E-state index contributed by atoms with van der Waals surface area (Å²) in [7, 11) is 0. The molecule has 0 saturated carbocycles. The van der Waals surface area contributed by atoms with Gasteiger partial charge < -0.3 is 0 Å². The monoisotopic (exact) mass is 180 g/mol. The van der Waals surface area contributed by atoms with Gasteiger partial charge in [0.05, 0.1) is 6.20 Å². The normalized spacial score (nSPS) is 12.1. The quantitative estimate of drug-likeness (QED) is 0.684. The van der Waals surface area contributed by atoms with Gasteiger partial charge in [-0.05, 0) is 24.3 Å². The number of nitrogens with zero attached hydrogens (tertiary/aromatic N) is 2. The van der Waals surface area contributed by atoms with E-state index < -0.39 is 0 Å². The Bertz CT molecular complexity index is 279. The number of aromatic nitrogens is 2. The van der Waals surface area contributed by atoms with E-state index in [-0.39, 0.29) is 5.41 Å². The van der Waals surface area contributed by atoms with Crippen molar-refractivity contribution in [2.24, 2.45) is 0 Å². The first-order valence-corrected chi connectivity index (χ1v) is 4.99. The second-order valence-corrected chi connectivity index (χ2v) is 4.62. The van der Waals surface area contributed by atoms with Crippen molar-refractivity contribution in [1.29, 1.82) is 0 Å². The fourth-order valence-corrected chi connectivity index (χ4v) is 1.62. The highest BCUT2D eigenvalue weighted by molar-refractivity contribution is 5.24. The van der Waals surface area contributed by atoms with E-state index in [9.17, 15) is 0 Å². The Morgan fingerprint density at radius 3 is 2.38 bits per heavy atom. The minimum absolute atomic E-state index is 0.218. The number of hydrogen-bond acceptors (Lipinski definition) is 1. The number of hydrogen-bond donors (Lipinski definition) is 0. The predicted octanol–water partition coefficient (Wildman–Crippen LogP) is 2.90. The zero-order valence-corrected chi connectivity index (χ0v) is 9.39. The molecule has 0 bridgehead atoms. The van der Waals surface area contributed by atoms with E-state index in [1.165, 1.54) is 11.3 Å². The van der Waals surface area contributed by atoms with Crippen LogP contribution in [-0.2, 0) is 12.0 Å². The summed E-state index contributed by atoms with van der Waals surface area (Å²) in [4.78, 5) is 0. The molecule has 0 aromatic carbocycles. The third-order valence-corrected chi connectivity index (χ3v) is 2.35. The van der Waals surface area contributed by atoms with Crippen molar-refractivity contribution in [3.8, 4) is 0 Å². The third kappa shape index (κ3) is 2.11. The van der Waals surface area contributed by atoms with Crippen LogP contribution in [0.15, 0.2) is 6.20 Å². The van der Waals surface area contributed by atoms with Crippen LogP contribution in [0.1, 0.15) is 45.4 Å². The van der Waals surface area contributed by atoms with Gasteiger partial charge in [0.15, 0.2) is 0 Å². The highest BCUT2D eigenvalue weighted by Gasteiger charge is 2.19. The van der Waals surface area contributed by atoms with E-state index in [0.29, 0.717) is 0 Å². The Hall–Kier alpha value is -0.790. The summed E-state index contributed by atoms with van der Waals surface area (Å²) in [6.45, 7) is 12.1. The molecule has 1 heterocycles. The van der Waals surface area contributed by atoms with Gasteiger partial charge in [-0.15, -0.1) is 0 Å². The van der Waals surface area contributed by atoms with Gasteiger partial charge >= 0.3 is 0 Å². The molecule has 0 saturated heterocycles. The molecule has 0 N–H and O–H groups in total. The molecule has 0 unspecified atom stereocenters. The molecule has 0 spiro atoms. The Labute approximate surface area is 81.0 Å². The van der Waals surface area contributed by atoms with Gasteiger partial charge in [0, 0.05) is 12.2 Å². The number of rotatable bonds is 2. The maximum atomic E-state index is 4.39. The zero-order chi connectivity index (χ0) is 10.1. The molecule has 13 heavy (non-hydrogen) atoms. The van der Waals surface area contributed by atoms with Crippen LogP contribution < -0.4 is 0 Å². The van der Waals surface area contributed by atoms with Crippen molar-refractivity contribution in [1.82, 2.24) is 9.78 Å². The zero-order valence-electron chi connectivity index (χ0n) is 9.39. The van der Waals surface area contributed by atoms with Gasteiger partial charge in [-0.1, -0.05) is 27.7 Å². The van der Waals surface area contributed by atoms with E-state index in [2.05, 4.69) is 44.4 Å². The predicted molar refractivity (Wildman–Crippen MR) is 56.0 cm³/mol. The molecular weight excluding hydrogens is 160 g/mol. The van der Waals surface area contributed by atoms with Crippen LogP contribution in [0.5, 0.6) is 0 Å². The Morgan fingerprint density at radius 1 is 1.38 bits per heavy atom. The molecule has 0 aliphatic carbocycles. The van der Waals surface area contributed by atoms with Crippen molar-refractivity contribution in [2.45, 2.75) is 53.0 Å². The molecule has 1 aromatic rings. The van der Waals surface area contributed by atoms with Gasteiger partial charge in [-0.25, -0.2) is 0 Å². The van der Waals surface area contributed by atoms with E-state index in [1.807, 2.05) is 6.20 Å². The second-order valence-electron chi connectivity index (χ2n) is 4.62. The molecule has 1 rings (SSSR count). The lowest BCUT2D eigenvalue weighted by molar-refractivity contribution is 0.563. The Balaban J connectivity index is 2.99. The number of aryl methyl sites for hydroxylation is 1. The summed E-state index contributed by atoms with van der Waals surface area (Å²) in [6, 6.07) is 0. The Morgan fingerprint density at radius 2 is 2.00 bits per heavy atom. The summed E-state index contributed by atoms with van der Waals surface area (Å²) in [5.41, 5.74) is 2.89. The standard InChI is InChI=1S/C11H20N2/c1-6-7-13-9(2)10(8-12-13)11(3,4)5/h8H,6-7H2,1-5H3. The first kappa shape index (κ1) is 10.3. The van der Waals surface area contributed by atoms with Crippen LogP contribution in [0.4, 0.5) is 0 Å². The van der Waals surface area contributed by atoms with Crippen LogP contribution in [0, 0.1) is 6.92 Å². The highest BCUT2D eigenvalue weighted by Crippen LogP contribution is 2.24. The lowest BCUT2D eigenvalue weighted by Gasteiger charge is -2.17. The summed E-state index contributed by atoms with van der Waals surface area (Å²) in [5.74, 6) is 0. The summed E-state index contributed by atoms with van der Waals surface area (Å²) in [5, 5.41) is 4.39. The molecule has 0 radical (unpaired) electrons. The minimum atomic E-state index is 0.218. The highest BCUT2D eigenvalue weighted by atomic mass is 15.3. The average Bonchev–Trinajstić information content (AvgIpc) is 2.32. The molecule has 0 aliphatic heterocycles. The SMILES string of the molecule is CCCn1ncc(C(C)(C)C)c1C. The third-order valence-electron chi connectivity index (χ3n) is 2.35.